The number of aryl methyl sites for hydroxylation is 3. The molecule has 0 spiro atoms. The lowest BCUT2D eigenvalue weighted by Crippen LogP contribution is -2.36. The van der Waals surface area contributed by atoms with Gasteiger partial charge in [-0.1, -0.05) is 47.5 Å². The Balaban J connectivity index is 1.49. The smallest absolute Gasteiger partial charge is 0.122 e. The molecule has 3 nitrogen and oxygen atoms in total. The molecule has 0 saturated heterocycles. The van der Waals surface area contributed by atoms with Crippen LogP contribution in [-0.4, -0.2) is 24.3 Å². The largest absolute Gasteiger partial charge is 0.489 e. The standard InChI is InChI=1S/C20H25NO2/c1-14-4-3-5-16(10-14)19(22)13-21-12-18-8-7-17-11-15(2)6-9-20(17)23-18/h3-6,9-11,18-19,21-22H,7-8,12-13H2,1-2H3. The van der Waals surface area contributed by atoms with Crippen molar-refractivity contribution in [3.63, 3.8) is 0 Å². The first-order valence-electron chi connectivity index (χ1n) is 8.33. The molecule has 2 aromatic carbocycles. The zero-order chi connectivity index (χ0) is 16.2. The Bertz CT molecular complexity index is 668. The number of aliphatic hydroxyl groups excluding tert-OH is 1. The summed E-state index contributed by atoms with van der Waals surface area (Å²) < 4.78 is 6.05. The molecule has 0 aliphatic carbocycles. The second-order valence-corrected chi connectivity index (χ2v) is 6.48. The maximum Gasteiger partial charge on any atom is 0.122 e. The number of hydrogen-bond donors (Lipinski definition) is 2. The van der Waals surface area contributed by atoms with Gasteiger partial charge in [0.15, 0.2) is 0 Å². The summed E-state index contributed by atoms with van der Waals surface area (Å²) >= 11 is 0. The molecule has 0 bridgehead atoms. The molecule has 0 aromatic heterocycles. The van der Waals surface area contributed by atoms with Crippen molar-refractivity contribution in [3.8, 4) is 5.75 Å². The first-order chi connectivity index (χ1) is 11.1. The van der Waals surface area contributed by atoms with Crippen molar-refractivity contribution >= 4 is 0 Å². The predicted octanol–water partition coefficient (Wildman–Crippen LogP) is 3.32. The summed E-state index contributed by atoms with van der Waals surface area (Å²) in [5, 5.41) is 13.6. The van der Waals surface area contributed by atoms with Crippen LogP contribution in [0.15, 0.2) is 42.5 Å². The van der Waals surface area contributed by atoms with E-state index in [1.165, 1.54) is 16.7 Å². The van der Waals surface area contributed by atoms with E-state index in [0.717, 1.165) is 30.7 Å². The summed E-state index contributed by atoms with van der Waals surface area (Å²) in [4.78, 5) is 0. The highest BCUT2D eigenvalue weighted by molar-refractivity contribution is 5.38. The van der Waals surface area contributed by atoms with Crippen LogP contribution >= 0.6 is 0 Å². The van der Waals surface area contributed by atoms with E-state index in [0.29, 0.717) is 6.54 Å². The molecule has 2 unspecified atom stereocenters. The van der Waals surface area contributed by atoms with Gasteiger partial charge in [0.2, 0.25) is 0 Å². The predicted molar refractivity (Wildman–Crippen MR) is 92.9 cm³/mol. The average molecular weight is 311 g/mol. The van der Waals surface area contributed by atoms with E-state index in [1.54, 1.807) is 0 Å². The van der Waals surface area contributed by atoms with Crippen LogP contribution in [-0.2, 0) is 6.42 Å². The Morgan fingerprint density at radius 1 is 1.17 bits per heavy atom. The first-order valence-corrected chi connectivity index (χ1v) is 8.33. The minimum atomic E-state index is -0.478. The number of aliphatic hydroxyl groups is 1. The van der Waals surface area contributed by atoms with E-state index in [4.69, 9.17) is 4.74 Å². The van der Waals surface area contributed by atoms with Crippen LogP contribution in [0.2, 0.25) is 0 Å². The number of benzene rings is 2. The normalized spacial score (nSPS) is 18.1. The SMILES string of the molecule is Cc1cccc(C(O)CNCC2CCc3cc(C)ccc3O2)c1. The highest BCUT2D eigenvalue weighted by Crippen LogP contribution is 2.28. The fourth-order valence-electron chi connectivity index (χ4n) is 3.09. The Morgan fingerprint density at radius 3 is 2.83 bits per heavy atom. The quantitative estimate of drug-likeness (QED) is 0.890. The second-order valence-electron chi connectivity index (χ2n) is 6.48. The Labute approximate surface area is 138 Å². The van der Waals surface area contributed by atoms with E-state index >= 15 is 0 Å². The number of fused-ring (bicyclic) bond motifs is 1. The third-order valence-corrected chi connectivity index (χ3v) is 4.38. The van der Waals surface area contributed by atoms with Gasteiger partial charge in [-0.25, -0.2) is 0 Å². The maximum atomic E-state index is 10.3. The Hall–Kier alpha value is -1.84. The molecular weight excluding hydrogens is 286 g/mol. The van der Waals surface area contributed by atoms with Crippen LogP contribution in [0.25, 0.3) is 0 Å². The molecule has 2 atom stereocenters. The lowest BCUT2D eigenvalue weighted by atomic mass is 10.00. The molecule has 0 fully saturated rings. The molecule has 3 rings (SSSR count). The summed E-state index contributed by atoms with van der Waals surface area (Å²) in [5.74, 6) is 1.01. The summed E-state index contributed by atoms with van der Waals surface area (Å²) in [6.45, 7) is 5.46. The van der Waals surface area contributed by atoms with Crippen molar-refractivity contribution < 1.29 is 9.84 Å². The van der Waals surface area contributed by atoms with E-state index in [1.807, 2.05) is 31.2 Å². The molecule has 1 aliphatic heterocycles. The second kappa shape index (κ2) is 7.16. The number of hydrogen-bond acceptors (Lipinski definition) is 3. The van der Waals surface area contributed by atoms with Gasteiger partial charge in [0.25, 0.3) is 0 Å². The van der Waals surface area contributed by atoms with Crippen molar-refractivity contribution in [2.24, 2.45) is 0 Å². The Morgan fingerprint density at radius 2 is 2.00 bits per heavy atom. The van der Waals surface area contributed by atoms with Crippen molar-refractivity contribution in [2.75, 3.05) is 13.1 Å². The van der Waals surface area contributed by atoms with E-state index < -0.39 is 6.10 Å². The fraction of sp³-hybridized carbons (Fsp3) is 0.400. The van der Waals surface area contributed by atoms with Crippen LogP contribution in [0.4, 0.5) is 0 Å². The maximum absolute atomic E-state index is 10.3. The fourth-order valence-corrected chi connectivity index (χ4v) is 3.09. The van der Waals surface area contributed by atoms with Gasteiger partial charge in [-0.05, 0) is 43.9 Å². The van der Waals surface area contributed by atoms with Crippen molar-refractivity contribution in [1.29, 1.82) is 0 Å². The molecule has 0 radical (unpaired) electrons. The van der Waals surface area contributed by atoms with E-state index in [9.17, 15) is 5.11 Å². The lowest BCUT2D eigenvalue weighted by molar-refractivity contribution is 0.146. The van der Waals surface area contributed by atoms with Crippen LogP contribution < -0.4 is 10.1 Å². The first kappa shape index (κ1) is 16.0. The van der Waals surface area contributed by atoms with Gasteiger partial charge in [-0.3, -0.25) is 0 Å². The van der Waals surface area contributed by atoms with Gasteiger partial charge in [0.1, 0.15) is 11.9 Å². The molecule has 2 aromatic rings. The minimum absolute atomic E-state index is 0.176. The molecular formula is C20H25NO2. The van der Waals surface area contributed by atoms with Gasteiger partial charge in [-0.15, -0.1) is 0 Å². The monoisotopic (exact) mass is 311 g/mol. The van der Waals surface area contributed by atoms with E-state index in [-0.39, 0.29) is 6.10 Å². The third-order valence-electron chi connectivity index (χ3n) is 4.38. The van der Waals surface area contributed by atoms with Crippen molar-refractivity contribution in [1.82, 2.24) is 5.32 Å². The number of rotatable bonds is 5. The lowest BCUT2D eigenvalue weighted by Gasteiger charge is -2.27. The van der Waals surface area contributed by atoms with Crippen LogP contribution in [0.3, 0.4) is 0 Å². The average Bonchev–Trinajstić information content (AvgIpc) is 2.55. The van der Waals surface area contributed by atoms with Crippen LogP contribution in [0.1, 0.15) is 34.8 Å². The summed E-state index contributed by atoms with van der Waals surface area (Å²) in [6, 6.07) is 14.4. The topological polar surface area (TPSA) is 41.5 Å². The molecule has 23 heavy (non-hydrogen) atoms. The van der Waals surface area contributed by atoms with Crippen LogP contribution in [0, 0.1) is 13.8 Å². The zero-order valence-electron chi connectivity index (χ0n) is 13.9. The van der Waals surface area contributed by atoms with Crippen molar-refractivity contribution in [2.45, 2.75) is 38.9 Å². The molecule has 2 N–H and O–H groups in total. The van der Waals surface area contributed by atoms with E-state index in [2.05, 4.69) is 30.4 Å². The number of ether oxygens (including phenoxy) is 1. The van der Waals surface area contributed by atoms with Crippen molar-refractivity contribution in [3.05, 3.63) is 64.7 Å². The van der Waals surface area contributed by atoms with Crippen LogP contribution in [0.5, 0.6) is 5.75 Å². The molecule has 1 aliphatic rings. The molecule has 122 valence electrons. The number of nitrogens with one attached hydrogen (secondary N) is 1. The molecule has 0 amide bonds. The summed E-state index contributed by atoms with van der Waals surface area (Å²) in [5.41, 5.74) is 4.72. The van der Waals surface area contributed by atoms with Gasteiger partial charge in [0, 0.05) is 13.1 Å². The summed E-state index contributed by atoms with van der Waals surface area (Å²) in [7, 11) is 0. The van der Waals surface area contributed by atoms with Gasteiger partial charge < -0.3 is 15.2 Å². The molecule has 1 heterocycles. The summed E-state index contributed by atoms with van der Waals surface area (Å²) in [6.07, 6.45) is 1.77. The Kier molecular flexibility index (Phi) is 4.99. The molecule has 0 saturated carbocycles. The van der Waals surface area contributed by atoms with Gasteiger partial charge in [-0.2, -0.15) is 0 Å². The highest BCUT2D eigenvalue weighted by Gasteiger charge is 2.19. The molecule has 3 heteroatoms. The van der Waals surface area contributed by atoms with Gasteiger partial charge >= 0.3 is 0 Å². The third kappa shape index (κ3) is 4.12. The van der Waals surface area contributed by atoms with Gasteiger partial charge in [0.05, 0.1) is 6.10 Å². The highest BCUT2D eigenvalue weighted by atomic mass is 16.5. The minimum Gasteiger partial charge on any atom is -0.489 e. The zero-order valence-corrected chi connectivity index (χ0v) is 13.9.